The second-order valence-electron chi connectivity index (χ2n) is 5.80. The van der Waals surface area contributed by atoms with Gasteiger partial charge in [-0.15, -0.1) is 0 Å². The molecule has 1 aromatic carbocycles. The highest BCUT2D eigenvalue weighted by Crippen LogP contribution is 2.24. The molecule has 26 heavy (non-hydrogen) atoms. The molecule has 2 rings (SSSR count). The molecule has 3 unspecified atom stereocenters. The van der Waals surface area contributed by atoms with Gasteiger partial charge in [0.15, 0.2) is 0 Å². The van der Waals surface area contributed by atoms with Crippen molar-refractivity contribution >= 4 is 11.9 Å². The van der Waals surface area contributed by atoms with Crippen LogP contribution in [0.3, 0.4) is 0 Å². The highest BCUT2D eigenvalue weighted by Gasteiger charge is 2.46. The third kappa shape index (κ3) is 4.70. The molecule has 1 saturated heterocycles. The van der Waals surface area contributed by atoms with Crippen molar-refractivity contribution in [3.8, 4) is 5.75 Å². The summed E-state index contributed by atoms with van der Waals surface area (Å²) in [5.41, 5.74) is 0.339. The van der Waals surface area contributed by atoms with Crippen LogP contribution in [0.25, 0.3) is 0 Å². The molecule has 1 aromatic rings. The second-order valence-corrected chi connectivity index (χ2v) is 5.80. The molecule has 0 aliphatic carbocycles. The summed E-state index contributed by atoms with van der Waals surface area (Å²) >= 11 is 0. The fourth-order valence-corrected chi connectivity index (χ4v) is 2.59. The van der Waals surface area contributed by atoms with Crippen molar-refractivity contribution in [1.29, 1.82) is 0 Å². The number of esters is 1. The van der Waals surface area contributed by atoms with Crippen molar-refractivity contribution in [3.63, 3.8) is 0 Å². The smallest absolute Gasteiger partial charge is 0.338 e. The average Bonchev–Trinajstić information content (AvgIpc) is 2.61. The third-order valence-electron chi connectivity index (χ3n) is 3.87. The summed E-state index contributed by atoms with van der Waals surface area (Å²) in [5, 5.41) is 31.9. The molecule has 0 aromatic heterocycles. The number of benzene rings is 1. The normalized spacial score (nSPS) is 28.3. The van der Waals surface area contributed by atoms with Crippen LogP contribution in [0.5, 0.6) is 5.75 Å². The Balaban J connectivity index is 2.15. The lowest BCUT2D eigenvalue weighted by atomic mass is 9.97. The van der Waals surface area contributed by atoms with Gasteiger partial charge >= 0.3 is 5.97 Å². The van der Waals surface area contributed by atoms with Crippen LogP contribution >= 0.6 is 0 Å². The summed E-state index contributed by atoms with van der Waals surface area (Å²) in [5.74, 6) is -0.611. The number of rotatable bonds is 6. The summed E-state index contributed by atoms with van der Waals surface area (Å²) in [6.45, 7) is 2.68. The molecule has 4 N–H and O–H groups in total. The molecule has 9 heteroatoms. The van der Waals surface area contributed by atoms with Gasteiger partial charge in [0.2, 0.25) is 12.2 Å². The zero-order valence-electron chi connectivity index (χ0n) is 14.5. The Morgan fingerprint density at radius 2 is 1.85 bits per heavy atom. The molecule has 9 nitrogen and oxygen atoms in total. The van der Waals surface area contributed by atoms with E-state index in [1.54, 1.807) is 6.92 Å². The predicted molar refractivity (Wildman–Crippen MR) is 88.4 cm³/mol. The van der Waals surface area contributed by atoms with Crippen LogP contribution in [0, 0.1) is 0 Å². The summed E-state index contributed by atoms with van der Waals surface area (Å²) in [4.78, 5) is 23.0. The lowest BCUT2D eigenvalue weighted by Gasteiger charge is -2.42. The van der Waals surface area contributed by atoms with E-state index in [1.807, 2.05) is 0 Å². The summed E-state index contributed by atoms with van der Waals surface area (Å²) in [6.07, 6.45) is -5.00. The Morgan fingerprint density at radius 1 is 1.19 bits per heavy atom. The monoisotopic (exact) mass is 369 g/mol. The predicted octanol–water partition coefficient (Wildman–Crippen LogP) is -0.814. The molecule has 5 atom stereocenters. The number of aliphatic hydroxyl groups is 3. The van der Waals surface area contributed by atoms with Crippen LogP contribution in [-0.2, 0) is 14.3 Å². The van der Waals surface area contributed by atoms with Gasteiger partial charge in [0.1, 0.15) is 30.1 Å². The molecule has 0 bridgehead atoms. The summed E-state index contributed by atoms with van der Waals surface area (Å²) < 4.78 is 16.0. The maximum atomic E-state index is 11.7. The van der Waals surface area contributed by atoms with Gasteiger partial charge in [-0.1, -0.05) is 0 Å². The molecule has 1 amide bonds. The fourth-order valence-electron chi connectivity index (χ4n) is 2.59. The number of amides is 1. The van der Waals surface area contributed by atoms with Crippen molar-refractivity contribution in [2.45, 2.75) is 44.5 Å². The standard InChI is InChI=1S/C17H23NO8/c1-3-24-16(23)10-4-6-11(7-5-10)25-17-13(18-9(2)20)15(22)14(21)12(8-19)26-17/h4-7,12-15,17,19,21-22H,3,8H2,1-2H3,(H,18,20)/t12?,13?,14-,15?,17-/m1/s1. The van der Waals surface area contributed by atoms with Crippen molar-refractivity contribution in [1.82, 2.24) is 5.32 Å². The SMILES string of the molecule is CCOC(=O)c1ccc(O[C@@H]2OC(CO)[C@@H](O)C(O)C2NC(C)=O)cc1. The molecule has 0 radical (unpaired) electrons. The number of hydrogen-bond donors (Lipinski definition) is 4. The Labute approximate surface area is 150 Å². The number of carbonyl (C=O) groups is 2. The van der Waals surface area contributed by atoms with Gasteiger partial charge in [-0.25, -0.2) is 4.79 Å². The molecule has 1 aliphatic rings. The maximum Gasteiger partial charge on any atom is 0.338 e. The van der Waals surface area contributed by atoms with Crippen LogP contribution in [0.2, 0.25) is 0 Å². The van der Waals surface area contributed by atoms with Crippen LogP contribution in [0.4, 0.5) is 0 Å². The third-order valence-corrected chi connectivity index (χ3v) is 3.87. The first-order chi connectivity index (χ1) is 12.4. The van der Waals surface area contributed by atoms with Gasteiger partial charge in [-0.05, 0) is 31.2 Å². The van der Waals surface area contributed by atoms with Gasteiger partial charge in [0, 0.05) is 6.92 Å². The van der Waals surface area contributed by atoms with Crippen LogP contribution in [0.1, 0.15) is 24.2 Å². The number of aliphatic hydroxyl groups excluding tert-OH is 3. The van der Waals surface area contributed by atoms with Crippen LogP contribution in [-0.4, -0.2) is 71.1 Å². The van der Waals surface area contributed by atoms with E-state index in [0.29, 0.717) is 11.3 Å². The Hall–Kier alpha value is -2.20. The molecule has 0 saturated carbocycles. The molecule has 1 heterocycles. The lowest BCUT2D eigenvalue weighted by molar-refractivity contribution is -0.244. The highest BCUT2D eigenvalue weighted by molar-refractivity contribution is 5.89. The Morgan fingerprint density at radius 3 is 2.38 bits per heavy atom. The maximum absolute atomic E-state index is 11.7. The molecule has 0 spiro atoms. The molecule has 144 valence electrons. The number of hydrogen-bond acceptors (Lipinski definition) is 8. The number of carbonyl (C=O) groups excluding carboxylic acids is 2. The Kier molecular flexibility index (Phi) is 6.92. The van der Waals surface area contributed by atoms with Gasteiger partial charge in [0.05, 0.1) is 18.8 Å². The number of ether oxygens (including phenoxy) is 3. The van der Waals surface area contributed by atoms with E-state index in [-0.39, 0.29) is 6.61 Å². The minimum absolute atomic E-state index is 0.258. The van der Waals surface area contributed by atoms with E-state index in [4.69, 9.17) is 14.2 Å². The molecular weight excluding hydrogens is 346 g/mol. The zero-order chi connectivity index (χ0) is 19.3. The molecular formula is C17H23NO8. The minimum Gasteiger partial charge on any atom is -0.463 e. The highest BCUT2D eigenvalue weighted by atomic mass is 16.7. The van der Waals surface area contributed by atoms with E-state index >= 15 is 0 Å². The quantitative estimate of drug-likeness (QED) is 0.478. The first-order valence-corrected chi connectivity index (χ1v) is 8.20. The van der Waals surface area contributed by atoms with Crippen molar-refractivity contribution in [2.24, 2.45) is 0 Å². The fraction of sp³-hybridized carbons (Fsp3) is 0.529. The van der Waals surface area contributed by atoms with Gasteiger partial charge in [0.25, 0.3) is 0 Å². The van der Waals surface area contributed by atoms with E-state index in [2.05, 4.69) is 5.32 Å². The minimum atomic E-state index is -1.39. The van der Waals surface area contributed by atoms with E-state index in [0.717, 1.165) is 0 Å². The summed E-state index contributed by atoms with van der Waals surface area (Å²) in [6, 6.07) is 4.96. The van der Waals surface area contributed by atoms with Crippen molar-refractivity contribution in [2.75, 3.05) is 13.2 Å². The number of nitrogens with one attached hydrogen (secondary N) is 1. The van der Waals surface area contributed by atoms with Crippen molar-refractivity contribution < 1.29 is 39.1 Å². The molecule has 1 aliphatic heterocycles. The van der Waals surface area contributed by atoms with Crippen LogP contribution < -0.4 is 10.1 Å². The van der Waals surface area contributed by atoms with Gasteiger partial charge < -0.3 is 34.8 Å². The van der Waals surface area contributed by atoms with Crippen LogP contribution in [0.15, 0.2) is 24.3 Å². The first-order valence-electron chi connectivity index (χ1n) is 8.20. The molecule has 1 fully saturated rings. The van der Waals surface area contributed by atoms with E-state index in [9.17, 15) is 24.9 Å². The van der Waals surface area contributed by atoms with Gasteiger partial charge in [-0.3, -0.25) is 4.79 Å². The van der Waals surface area contributed by atoms with Crippen molar-refractivity contribution in [3.05, 3.63) is 29.8 Å². The van der Waals surface area contributed by atoms with E-state index in [1.165, 1.54) is 31.2 Å². The Bertz CT molecular complexity index is 620. The lowest BCUT2D eigenvalue weighted by Crippen LogP contribution is -2.65. The largest absolute Gasteiger partial charge is 0.463 e. The van der Waals surface area contributed by atoms with E-state index < -0.39 is 49.1 Å². The second kappa shape index (κ2) is 8.95. The first kappa shape index (κ1) is 20.1. The summed E-state index contributed by atoms with van der Waals surface area (Å²) in [7, 11) is 0. The zero-order valence-corrected chi connectivity index (χ0v) is 14.5. The average molecular weight is 369 g/mol. The topological polar surface area (TPSA) is 135 Å². The van der Waals surface area contributed by atoms with Gasteiger partial charge in [-0.2, -0.15) is 0 Å².